The van der Waals surface area contributed by atoms with Crippen LogP contribution in [0, 0.1) is 17.1 Å². The molecule has 0 saturated carbocycles. The molecule has 24 heavy (non-hydrogen) atoms. The molecular formula is C17H13ClFN3O2. The maximum absolute atomic E-state index is 13.1. The SMILES string of the molecule is CC(=O)N(CC(=O)Nc1ccc(F)c(Cl)c1)c1ccccc1C#N. The van der Waals surface area contributed by atoms with Crippen molar-refractivity contribution in [3.05, 3.63) is 58.9 Å². The second-order valence-corrected chi connectivity index (χ2v) is 5.32. The van der Waals surface area contributed by atoms with Gasteiger partial charge in [-0.25, -0.2) is 4.39 Å². The van der Waals surface area contributed by atoms with Crippen LogP contribution in [0.1, 0.15) is 12.5 Å². The number of nitrogens with zero attached hydrogens (tertiary/aromatic N) is 2. The van der Waals surface area contributed by atoms with Gasteiger partial charge in [0, 0.05) is 12.6 Å². The van der Waals surface area contributed by atoms with Gasteiger partial charge in [0.1, 0.15) is 18.4 Å². The minimum atomic E-state index is -0.594. The third kappa shape index (κ3) is 4.09. The van der Waals surface area contributed by atoms with Crippen LogP contribution in [0.15, 0.2) is 42.5 Å². The zero-order valence-electron chi connectivity index (χ0n) is 12.7. The van der Waals surface area contributed by atoms with Gasteiger partial charge >= 0.3 is 0 Å². The number of hydrogen-bond acceptors (Lipinski definition) is 3. The second kappa shape index (κ2) is 7.57. The van der Waals surface area contributed by atoms with E-state index >= 15 is 0 Å². The summed E-state index contributed by atoms with van der Waals surface area (Å²) in [4.78, 5) is 25.2. The quantitative estimate of drug-likeness (QED) is 0.923. The van der Waals surface area contributed by atoms with E-state index in [1.165, 1.54) is 24.0 Å². The smallest absolute Gasteiger partial charge is 0.244 e. The van der Waals surface area contributed by atoms with Crippen LogP contribution in [-0.2, 0) is 9.59 Å². The van der Waals surface area contributed by atoms with Crippen LogP contribution in [0.25, 0.3) is 0 Å². The first-order chi connectivity index (χ1) is 11.4. The minimum Gasteiger partial charge on any atom is -0.324 e. The average molecular weight is 346 g/mol. The van der Waals surface area contributed by atoms with Gasteiger partial charge in [-0.15, -0.1) is 0 Å². The fourth-order valence-corrected chi connectivity index (χ4v) is 2.27. The number of benzene rings is 2. The maximum atomic E-state index is 13.1. The van der Waals surface area contributed by atoms with Crippen molar-refractivity contribution in [1.29, 1.82) is 5.26 Å². The van der Waals surface area contributed by atoms with E-state index in [4.69, 9.17) is 16.9 Å². The summed E-state index contributed by atoms with van der Waals surface area (Å²) in [6, 6.07) is 12.2. The Bertz CT molecular complexity index is 833. The highest BCUT2D eigenvalue weighted by Crippen LogP contribution is 2.21. The molecule has 0 aliphatic heterocycles. The van der Waals surface area contributed by atoms with Crippen LogP contribution in [0.4, 0.5) is 15.8 Å². The lowest BCUT2D eigenvalue weighted by Crippen LogP contribution is -2.37. The summed E-state index contributed by atoms with van der Waals surface area (Å²) < 4.78 is 13.1. The zero-order valence-corrected chi connectivity index (χ0v) is 13.5. The van der Waals surface area contributed by atoms with E-state index < -0.39 is 11.7 Å². The number of anilines is 2. The maximum Gasteiger partial charge on any atom is 0.244 e. The van der Waals surface area contributed by atoms with Gasteiger partial charge < -0.3 is 10.2 Å². The van der Waals surface area contributed by atoms with E-state index in [2.05, 4.69) is 5.32 Å². The highest BCUT2D eigenvalue weighted by atomic mass is 35.5. The summed E-state index contributed by atoms with van der Waals surface area (Å²) in [7, 11) is 0. The molecular weight excluding hydrogens is 333 g/mol. The summed E-state index contributed by atoms with van der Waals surface area (Å²) >= 11 is 5.66. The molecule has 0 heterocycles. The standard InChI is InChI=1S/C17H13ClFN3O2/c1-11(23)22(16-5-3-2-4-12(16)9-20)10-17(24)21-13-6-7-15(19)14(18)8-13/h2-8H,10H2,1H3,(H,21,24). The molecule has 0 atom stereocenters. The van der Waals surface area contributed by atoms with E-state index in [0.29, 0.717) is 11.4 Å². The Morgan fingerprint density at radius 2 is 2.00 bits per heavy atom. The molecule has 2 aromatic rings. The van der Waals surface area contributed by atoms with Crippen LogP contribution < -0.4 is 10.2 Å². The number of carbonyl (C=O) groups excluding carboxylic acids is 2. The van der Waals surface area contributed by atoms with Gasteiger partial charge in [-0.2, -0.15) is 5.26 Å². The van der Waals surface area contributed by atoms with Gasteiger partial charge in [0.2, 0.25) is 11.8 Å². The Hall–Kier alpha value is -2.91. The number of hydrogen-bond donors (Lipinski definition) is 1. The first-order valence-electron chi connectivity index (χ1n) is 6.94. The first-order valence-corrected chi connectivity index (χ1v) is 7.32. The summed E-state index contributed by atoms with van der Waals surface area (Å²) in [6.07, 6.45) is 0. The summed E-state index contributed by atoms with van der Waals surface area (Å²) in [5.74, 6) is -1.48. The van der Waals surface area contributed by atoms with E-state index in [-0.39, 0.29) is 23.0 Å². The van der Waals surface area contributed by atoms with Gasteiger partial charge in [0.05, 0.1) is 16.3 Å². The van der Waals surface area contributed by atoms with E-state index in [1.54, 1.807) is 24.3 Å². The number of nitriles is 1. The fraction of sp³-hybridized carbons (Fsp3) is 0.118. The average Bonchev–Trinajstić information content (AvgIpc) is 2.56. The number of para-hydroxylation sites is 1. The normalized spacial score (nSPS) is 9.92. The topological polar surface area (TPSA) is 73.2 Å². The van der Waals surface area contributed by atoms with Crippen LogP contribution in [0.5, 0.6) is 0 Å². The van der Waals surface area contributed by atoms with Crippen molar-refractivity contribution in [1.82, 2.24) is 0 Å². The van der Waals surface area contributed by atoms with Crippen LogP contribution in [0.2, 0.25) is 5.02 Å². The number of nitrogens with one attached hydrogen (secondary N) is 1. The Kier molecular flexibility index (Phi) is 5.51. The monoisotopic (exact) mass is 345 g/mol. The lowest BCUT2D eigenvalue weighted by Gasteiger charge is -2.21. The Morgan fingerprint density at radius 3 is 2.62 bits per heavy atom. The number of rotatable bonds is 4. The van der Waals surface area contributed by atoms with E-state index in [0.717, 1.165) is 6.07 Å². The molecule has 0 fully saturated rings. The molecule has 5 nitrogen and oxygen atoms in total. The van der Waals surface area contributed by atoms with Crippen LogP contribution in [0.3, 0.4) is 0 Å². The van der Waals surface area contributed by atoms with Crippen molar-refractivity contribution in [2.24, 2.45) is 0 Å². The molecule has 122 valence electrons. The van der Waals surface area contributed by atoms with E-state index in [1.807, 2.05) is 6.07 Å². The molecule has 0 aliphatic carbocycles. The summed E-state index contributed by atoms with van der Waals surface area (Å²) in [5.41, 5.74) is 0.939. The minimum absolute atomic E-state index is 0.119. The second-order valence-electron chi connectivity index (χ2n) is 4.91. The molecule has 0 radical (unpaired) electrons. The number of carbonyl (C=O) groups is 2. The third-order valence-corrected chi connectivity index (χ3v) is 3.49. The first kappa shape index (κ1) is 17.4. The van der Waals surface area contributed by atoms with E-state index in [9.17, 15) is 14.0 Å². The van der Waals surface area contributed by atoms with Crippen LogP contribution in [-0.4, -0.2) is 18.4 Å². The molecule has 2 aromatic carbocycles. The molecule has 0 bridgehead atoms. The van der Waals surface area contributed by atoms with Crippen molar-refractivity contribution >= 4 is 34.8 Å². The van der Waals surface area contributed by atoms with Crippen LogP contribution >= 0.6 is 11.6 Å². The van der Waals surface area contributed by atoms with Crippen molar-refractivity contribution in [2.45, 2.75) is 6.92 Å². The van der Waals surface area contributed by atoms with Gasteiger partial charge in [-0.3, -0.25) is 9.59 Å². The third-order valence-electron chi connectivity index (χ3n) is 3.20. The number of amides is 2. The largest absolute Gasteiger partial charge is 0.324 e. The van der Waals surface area contributed by atoms with Crippen molar-refractivity contribution < 1.29 is 14.0 Å². The molecule has 2 rings (SSSR count). The van der Waals surface area contributed by atoms with Crippen molar-refractivity contribution in [3.8, 4) is 6.07 Å². The molecule has 7 heteroatoms. The molecule has 1 N–H and O–H groups in total. The lowest BCUT2D eigenvalue weighted by molar-refractivity contribution is -0.120. The molecule has 0 aliphatic rings. The Labute approximate surface area is 143 Å². The molecule has 0 spiro atoms. The van der Waals surface area contributed by atoms with Gasteiger partial charge in [-0.05, 0) is 30.3 Å². The molecule has 2 amide bonds. The lowest BCUT2D eigenvalue weighted by atomic mass is 10.1. The highest BCUT2D eigenvalue weighted by Gasteiger charge is 2.18. The molecule has 0 saturated heterocycles. The predicted molar refractivity (Wildman–Crippen MR) is 89.2 cm³/mol. The Morgan fingerprint density at radius 1 is 1.29 bits per heavy atom. The van der Waals surface area contributed by atoms with Crippen molar-refractivity contribution in [2.75, 3.05) is 16.8 Å². The molecule has 0 aromatic heterocycles. The van der Waals surface area contributed by atoms with Crippen molar-refractivity contribution in [3.63, 3.8) is 0 Å². The predicted octanol–water partition coefficient (Wildman–Crippen LogP) is 3.34. The number of halogens is 2. The fourth-order valence-electron chi connectivity index (χ4n) is 2.09. The highest BCUT2D eigenvalue weighted by molar-refractivity contribution is 6.31. The summed E-state index contributed by atoms with van der Waals surface area (Å²) in [5, 5.41) is 11.6. The zero-order chi connectivity index (χ0) is 17.7. The summed E-state index contributed by atoms with van der Waals surface area (Å²) in [6.45, 7) is 1.01. The van der Waals surface area contributed by atoms with Gasteiger partial charge in [0.25, 0.3) is 0 Å². The van der Waals surface area contributed by atoms with Gasteiger partial charge in [0.15, 0.2) is 0 Å². The molecule has 0 unspecified atom stereocenters. The Balaban J connectivity index is 2.19. The van der Waals surface area contributed by atoms with Gasteiger partial charge in [-0.1, -0.05) is 23.7 Å².